The first-order valence-corrected chi connectivity index (χ1v) is 12.2. The Kier molecular flexibility index (Phi) is 8.77. The Bertz CT molecular complexity index is 949. The molecule has 3 N–H and O–H groups in total. The summed E-state index contributed by atoms with van der Waals surface area (Å²) in [4.78, 5) is 35.5. The molecular formula is C25H30N2O5S. The van der Waals surface area contributed by atoms with Gasteiger partial charge in [0.15, 0.2) is 0 Å². The molecule has 8 heteroatoms. The molecule has 7 nitrogen and oxygen atoms in total. The van der Waals surface area contributed by atoms with Gasteiger partial charge in [-0.1, -0.05) is 62.4 Å². The number of carboxylic acid groups (broad SMARTS) is 1. The molecule has 33 heavy (non-hydrogen) atoms. The van der Waals surface area contributed by atoms with E-state index in [4.69, 9.17) is 9.84 Å². The first-order chi connectivity index (χ1) is 15.9. The van der Waals surface area contributed by atoms with Crippen molar-refractivity contribution in [1.29, 1.82) is 0 Å². The Labute approximate surface area is 198 Å². The number of alkyl carbamates (subject to hydrolysis) is 1. The maximum absolute atomic E-state index is 12.5. The Hall–Kier alpha value is -3.00. The molecule has 1 atom stereocenters. The number of carboxylic acids is 1. The maximum Gasteiger partial charge on any atom is 0.407 e. The predicted molar refractivity (Wildman–Crippen MR) is 129 cm³/mol. The summed E-state index contributed by atoms with van der Waals surface area (Å²) in [6.45, 7) is 4.61. The van der Waals surface area contributed by atoms with Crippen LogP contribution in [-0.4, -0.2) is 54.3 Å². The highest BCUT2D eigenvalue weighted by molar-refractivity contribution is 7.99. The summed E-state index contributed by atoms with van der Waals surface area (Å²) in [6, 6.07) is 16.3. The number of ether oxygens (including phenoxy) is 1. The standard InChI is InChI=1S/C25H30N2O5S/c1-16(2)21(24(30)26-11-12-33-15-23(28)29)13-27-25(31)32-14-22-19-9-5-3-7-17(19)18-8-4-6-10-20(18)22/h3-10,16,21-22H,11-15H2,1-2H3,(H,26,30)(H,27,31)(H,28,29). The summed E-state index contributed by atoms with van der Waals surface area (Å²) < 4.78 is 5.54. The van der Waals surface area contributed by atoms with Crippen molar-refractivity contribution in [2.45, 2.75) is 19.8 Å². The molecule has 2 aromatic carbocycles. The van der Waals surface area contributed by atoms with Gasteiger partial charge in [0.05, 0.1) is 11.7 Å². The van der Waals surface area contributed by atoms with Crippen LogP contribution >= 0.6 is 11.8 Å². The third-order valence-electron chi connectivity index (χ3n) is 5.72. The normalized spacial score (nSPS) is 13.2. The molecule has 2 aromatic rings. The Morgan fingerprint density at radius 3 is 2.18 bits per heavy atom. The second kappa shape index (κ2) is 11.7. The lowest BCUT2D eigenvalue weighted by atomic mass is 9.95. The van der Waals surface area contributed by atoms with Gasteiger partial charge >= 0.3 is 12.1 Å². The van der Waals surface area contributed by atoms with Crippen molar-refractivity contribution in [1.82, 2.24) is 10.6 Å². The summed E-state index contributed by atoms with van der Waals surface area (Å²) >= 11 is 1.25. The number of thioether (sulfide) groups is 1. The van der Waals surface area contributed by atoms with Crippen molar-refractivity contribution in [3.63, 3.8) is 0 Å². The van der Waals surface area contributed by atoms with Crippen LogP contribution in [0.4, 0.5) is 4.79 Å². The van der Waals surface area contributed by atoms with Crippen LogP contribution in [0.25, 0.3) is 11.1 Å². The number of rotatable bonds is 11. The number of aliphatic carboxylic acids is 1. The molecule has 0 bridgehead atoms. The van der Waals surface area contributed by atoms with Gasteiger partial charge in [0, 0.05) is 24.8 Å². The number of amides is 2. The van der Waals surface area contributed by atoms with Crippen molar-refractivity contribution in [2.75, 3.05) is 31.2 Å². The van der Waals surface area contributed by atoms with Gasteiger partial charge in [-0.25, -0.2) is 4.79 Å². The highest BCUT2D eigenvalue weighted by atomic mass is 32.2. The smallest absolute Gasteiger partial charge is 0.407 e. The first kappa shape index (κ1) is 24.6. The molecule has 1 aliphatic carbocycles. The monoisotopic (exact) mass is 470 g/mol. The van der Waals surface area contributed by atoms with Gasteiger partial charge in [0.1, 0.15) is 6.61 Å². The minimum absolute atomic E-state index is 0.00677. The fraction of sp³-hybridized carbons (Fsp3) is 0.400. The van der Waals surface area contributed by atoms with Gasteiger partial charge in [0.25, 0.3) is 0 Å². The average molecular weight is 471 g/mol. The van der Waals surface area contributed by atoms with Gasteiger partial charge in [-0.2, -0.15) is 0 Å². The summed E-state index contributed by atoms with van der Waals surface area (Å²) in [6.07, 6.45) is -0.549. The molecule has 1 aliphatic rings. The second-order valence-electron chi connectivity index (χ2n) is 8.29. The summed E-state index contributed by atoms with van der Waals surface area (Å²) in [7, 11) is 0. The maximum atomic E-state index is 12.5. The van der Waals surface area contributed by atoms with Crippen LogP contribution in [0.1, 0.15) is 30.9 Å². The van der Waals surface area contributed by atoms with E-state index < -0.39 is 18.0 Å². The molecule has 0 radical (unpaired) electrons. The number of hydrogen-bond donors (Lipinski definition) is 3. The molecule has 0 saturated carbocycles. The SMILES string of the molecule is CC(C)C(CNC(=O)OCC1c2ccccc2-c2ccccc21)C(=O)NCCSCC(=O)O. The topological polar surface area (TPSA) is 105 Å². The van der Waals surface area contributed by atoms with Crippen molar-refractivity contribution in [3.8, 4) is 11.1 Å². The fourth-order valence-corrected chi connectivity index (χ4v) is 4.58. The predicted octanol–water partition coefficient (Wildman–Crippen LogP) is 3.73. The number of benzene rings is 2. The third-order valence-corrected chi connectivity index (χ3v) is 6.67. The van der Waals surface area contributed by atoms with Crippen molar-refractivity contribution >= 4 is 29.7 Å². The van der Waals surface area contributed by atoms with Crippen LogP contribution in [0.2, 0.25) is 0 Å². The van der Waals surface area contributed by atoms with Crippen LogP contribution in [0.5, 0.6) is 0 Å². The summed E-state index contributed by atoms with van der Waals surface area (Å²) in [5.74, 6) is -0.926. The second-order valence-corrected chi connectivity index (χ2v) is 9.40. The van der Waals surface area contributed by atoms with E-state index in [0.717, 1.165) is 11.1 Å². The van der Waals surface area contributed by atoms with Crippen LogP contribution < -0.4 is 10.6 Å². The van der Waals surface area contributed by atoms with Gasteiger partial charge in [0.2, 0.25) is 5.91 Å². The van der Waals surface area contributed by atoms with Crippen molar-refractivity contribution in [3.05, 3.63) is 59.7 Å². The summed E-state index contributed by atoms with van der Waals surface area (Å²) in [5.41, 5.74) is 4.62. The Morgan fingerprint density at radius 2 is 1.61 bits per heavy atom. The van der Waals surface area contributed by atoms with Crippen LogP contribution in [0.3, 0.4) is 0 Å². The Balaban J connectivity index is 1.49. The quantitative estimate of drug-likeness (QED) is 0.432. The van der Waals surface area contributed by atoms with E-state index in [9.17, 15) is 14.4 Å². The lowest BCUT2D eigenvalue weighted by Gasteiger charge is -2.21. The van der Waals surface area contributed by atoms with E-state index in [1.54, 1.807) is 0 Å². The van der Waals surface area contributed by atoms with Gasteiger partial charge in [-0.3, -0.25) is 9.59 Å². The first-order valence-electron chi connectivity index (χ1n) is 11.0. The minimum atomic E-state index is -0.876. The van der Waals surface area contributed by atoms with Gasteiger partial charge in [-0.05, 0) is 28.2 Å². The van der Waals surface area contributed by atoms with Gasteiger partial charge in [-0.15, -0.1) is 11.8 Å². The molecule has 2 amide bonds. The highest BCUT2D eigenvalue weighted by Gasteiger charge is 2.29. The van der Waals surface area contributed by atoms with E-state index in [1.165, 1.54) is 22.9 Å². The van der Waals surface area contributed by atoms with Gasteiger partial charge < -0.3 is 20.5 Å². The number of carbonyl (C=O) groups excluding carboxylic acids is 2. The summed E-state index contributed by atoms with van der Waals surface area (Å²) in [5, 5.41) is 14.2. The molecular weight excluding hydrogens is 440 g/mol. The van der Waals surface area contributed by atoms with Crippen LogP contribution in [-0.2, 0) is 14.3 Å². The van der Waals surface area contributed by atoms with E-state index in [-0.39, 0.29) is 36.6 Å². The third kappa shape index (κ3) is 6.51. The molecule has 0 fully saturated rings. The molecule has 1 unspecified atom stereocenters. The zero-order valence-electron chi connectivity index (χ0n) is 18.9. The van der Waals surface area contributed by atoms with E-state index in [1.807, 2.05) is 38.1 Å². The number of carbonyl (C=O) groups is 3. The van der Waals surface area contributed by atoms with E-state index >= 15 is 0 Å². The molecule has 3 rings (SSSR count). The van der Waals surface area contributed by atoms with E-state index in [0.29, 0.717) is 12.3 Å². The van der Waals surface area contributed by atoms with Crippen molar-refractivity contribution < 1.29 is 24.2 Å². The minimum Gasteiger partial charge on any atom is -0.481 e. The average Bonchev–Trinajstić information content (AvgIpc) is 3.11. The zero-order chi connectivity index (χ0) is 23.8. The van der Waals surface area contributed by atoms with Crippen molar-refractivity contribution in [2.24, 2.45) is 11.8 Å². The number of nitrogens with one attached hydrogen (secondary N) is 2. The molecule has 0 saturated heterocycles. The lowest BCUT2D eigenvalue weighted by molar-refractivity contribution is -0.134. The number of hydrogen-bond acceptors (Lipinski definition) is 5. The van der Waals surface area contributed by atoms with E-state index in [2.05, 4.69) is 34.9 Å². The molecule has 0 heterocycles. The molecule has 176 valence electrons. The zero-order valence-corrected chi connectivity index (χ0v) is 19.7. The molecule has 0 aliphatic heterocycles. The fourth-order valence-electron chi connectivity index (χ4n) is 4.01. The molecule has 0 aromatic heterocycles. The van der Waals surface area contributed by atoms with Crippen LogP contribution in [0, 0.1) is 11.8 Å². The molecule has 0 spiro atoms. The number of fused-ring (bicyclic) bond motifs is 3. The highest BCUT2D eigenvalue weighted by Crippen LogP contribution is 2.44. The van der Waals surface area contributed by atoms with Crippen LogP contribution in [0.15, 0.2) is 48.5 Å². The Morgan fingerprint density at radius 1 is 1.00 bits per heavy atom. The largest absolute Gasteiger partial charge is 0.481 e. The lowest BCUT2D eigenvalue weighted by Crippen LogP contribution is -2.42.